The molecule has 0 heterocycles. The van der Waals surface area contributed by atoms with Crippen LogP contribution in [-0.4, -0.2) is 44.5 Å². The molecular weight excluding hydrogens is 226 g/mol. The summed E-state index contributed by atoms with van der Waals surface area (Å²) >= 11 is 0. The lowest BCUT2D eigenvalue weighted by atomic mass is 9.96. The fraction of sp³-hybridized carbons (Fsp3) is 0.636. The van der Waals surface area contributed by atoms with E-state index in [2.05, 4.69) is 4.74 Å². The van der Waals surface area contributed by atoms with Crippen LogP contribution in [0.4, 0.5) is 4.79 Å². The molecule has 0 aromatic carbocycles. The molecular formula is C11H17NO5. The molecule has 1 atom stereocenters. The van der Waals surface area contributed by atoms with Crippen molar-refractivity contribution in [3.63, 3.8) is 0 Å². The molecule has 0 spiro atoms. The molecule has 0 saturated heterocycles. The van der Waals surface area contributed by atoms with E-state index in [1.54, 1.807) is 6.08 Å². The Kier molecular flexibility index (Phi) is 4.96. The van der Waals surface area contributed by atoms with Crippen LogP contribution in [0, 0.1) is 0 Å². The highest BCUT2D eigenvalue weighted by molar-refractivity contribution is 5.94. The Hall–Kier alpha value is -1.56. The number of amides is 1. The molecule has 0 N–H and O–H groups in total. The summed E-state index contributed by atoms with van der Waals surface area (Å²) in [5, 5.41) is 1.10. The number of carbonyl (C=O) groups is 2. The number of hydrogen-bond donors (Lipinski definition) is 0. The zero-order valence-corrected chi connectivity index (χ0v) is 10.3. The highest BCUT2D eigenvalue weighted by atomic mass is 16.7. The van der Waals surface area contributed by atoms with Gasteiger partial charge in [-0.05, 0) is 19.3 Å². The lowest BCUT2D eigenvalue weighted by Crippen LogP contribution is -2.35. The zero-order chi connectivity index (χ0) is 12.8. The summed E-state index contributed by atoms with van der Waals surface area (Å²) in [7, 11) is 4.14. The van der Waals surface area contributed by atoms with Gasteiger partial charge in [-0.3, -0.25) is 9.63 Å². The van der Waals surface area contributed by atoms with Gasteiger partial charge in [0.25, 0.3) is 5.91 Å². The quantitative estimate of drug-likeness (QED) is 0.551. The van der Waals surface area contributed by atoms with Crippen LogP contribution < -0.4 is 0 Å². The molecule has 1 aliphatic carbocycles. The summed E-state index contributed by atoms with van der Waals surface area (Å²) in [6.07, 6.45) is 2.71. The molecule has 96 valence electrons. The first-order chi connectivity index (χ1) is 8.10. The fourth-order valence-corrected chi connectivity index (χ4v) is 1.62. The first-order valence-electron chi connectivity index (χ1n) is 5.37. The van der Waals surface area contributed by atoms with Gasteiger partial charge in [0.2, 0.25) is 0 Å². The number of likely N-dealkylation sites (N-methyl/N-ethyl adjacent to an activating group) is 1. The summed E-state index contributed by atoms with van der Waals surface area (Å²) in [4.78, 5) is 27.8. The predicted octanol–water partition coefficient (Wildman–Crippen LogP) is 1.27. The first-order valence-corrected chi connectivity index (χ1v) is 5.37. The number of hydroxylamine groups is 2. The van der Waals surface area contributed by atoms with Gasteiger partial charge in [-0.15, -0.1) is 0 Å². The number of ether oxygens (including phenoxy) is 2. The van der Waals surface area contributed by atoms with Crippen molar-refractivity contribution in [3.8, 4) is 0 Å². The smallest absolute Gasteiger partial charge is 0.438 e. The van der Waals surface area contributed by atoms with Crippen LogP contribution in [0.25, 0.3) is 0 Å². The second-order valence-electron chi connectivity index (χ2n) is 3.64. The lowest BCUT2D eigenvalue weighted by Gasteiger charge is -2.25. The monoisotopic (exact) mass is 243 g/mol. The SMILES string of the molecule is COC(=O)OC1CCCC=C1C(=O)N(C)OC. The molecule has 17 heavy (non-hydrogen) atoms. The molecule has 0 saturated carbocycles. The maximum absolute atomic E-state index is 11.9. The number of allylic oxidation sites excluding steroid dienone is 1. The van der Waals surface area contributed by atoms with Crippen LogP contribution in [-0.2, 0) is 19.1 Å². The topological polar surface area (TPSA) is 65.1 Å². The predicted molar refractivity (Wildman–Crippen MR) is 59.0 cm³/mol. The molecule has 0 radical (unpaired) electrons. The fourth-order valence-electron chi connectivity index (χ4n) is 1.62. The van der Waals surface area contributed by atoms with Crippen LogP contribution in [0.1, 0.15) is 19.3 Å². The van der Waals surface area contributed by atoms with Gasteiger partial charge in [0, 0.05) is 7.05 Å². The van der Waals surface area contributed by atoms with Gasteiger partial charge in [-0.1, -0.05) is 6.08 Å². The summed E-state index contributed by atoms with van der Waals surface area (Å²) < 4.78 is 9.46. The molecule has 1 aliphatic rings. The summed E-state index contributed by atoms with van der Waals surface area (Å²) in [5.41, 5.74) is 0.436. The Morgan fingerprint density at radius 1 is 1.41 bits per heavy atom. The van der Waals surface area contributed by atoms with Crippen molar-refractivity contribution in [1.29, 1.82) is 0 Å². The molecule has 1 amide bonds. The molecule has 1 unspecified atom stereocenters. The molecule has 6 nitrogen and oxygen atoms in total. The maximum atomic E-state index is 11.9. The van der Waals surface area contributed by atoms with E-state index in [4.69, 9.17) is 9.57 Å². The number of nitrogens with zero attached hydrogens (tertiary/aromatic N) is 1. The van der Waals surface area contributed by atoms with E-state index in [1.165, 1.54) is 21.3 Å². The van der Waals surface area contributed by atoms with Gasteiger partial charge < -0.3 is 9.47 Å². The third-order valence-corrected chi connectivity index (χ3v) is 2.59. The van der Waals surface area contributed by atoms with Crippen LogP contribution in [0.5, 0.6) is 0 Å². The highest BCUT2D eigenvalue weighted by Crippen LogP contribution is 2.23. The van der Waals surface area contributed by atoms with Crippen molar-refractivity contribution in [1.82, 2.24) is 5.06 Å². The second-order valence-corrected chi connectivity index (χ2v) is 3.64. The molecule has 0 bridgehead atoms. The Bertz CT molecular complexity index is 326. The average Bonchev–Trinajstić information content (AvgIpc) is 2.37. The third-order valence-electron chi connectivity index (χ3n) is 2.59. The molecule has 0 aliphatic heterocycles. The number of carbonyl (C=O) groups excluding carboxylic acids is 2. The van der Waals surface area contributed by atoms with Crippen molar-refractivity contribution in [3.05, 3.63) is 11.6 Å². The van der Waals surface area contributed by atoms with Crippen molar-refractivity contribution in [2.45, 2.75) is 25.4 Å². The third kappa shape index (κ3) is 3.45. The van der Waals surface area contributed by atoms with Crippen molar-refractivity contribution >= 4 is 12.1 Å². The van der Waals surface area contributed by atoms with Crippen LogP contribution >= 0.6 is 0 Å². The van der Waals surface area contributed by atoms with Gasteiger partial charge in [-0.25, -0.2) is 9.86 Å². The minimum absolute atomic E-state index is 0.305. The van der Waals surface area contributed by atoms with Crippen molar-refractivity contribution in [2.75, 3.05) is 21.3 Å². The molecule has 6 heteroatoms. The number of methoxy groups -OCH3 is 1. The van der Waals surface area contributed by atoms with Crippen LogP contribution in [0.2, 0.25) is 0 Å². The van der Waals surface area contributed by atoms with E-state index in [0.29, 0.717) is 12.0 Å². The summed E-state index contributed by atoms with van der Waals surface area (Å²) in [6, 6.07) is 0. The molecule has 0 aromatic rings. The van der Waals surface area contributed by atoms with E-state index in [1.807, 2.05) is 0 Å². The van der Waals surface area contributed by atoms with Crippen LogP contribution in [0.15, 0.2) is 11.6 Å². The lowest BCUT2D eigenvalue weighted by molar-refractivity contribution is -0.165. The van der Waals surface area contributed by atoms with Gasteiger partial charge in [-0.2, -0.15) is 0 Å². The van der Waals surface area contributed by atoms with E-state index >= 15 is 0 Å². The summed E-state index contributed by atoms with van der Waals surface area (Å²) in [6.45, 7) is 0. The minimum atomic E-state index is -0.782. The minimum Gasteiger partial charge on any atom is -0.438 e. The number of rotatable bonds is 3. The largest absolute Gasteiger partial charge is 0.508 e. The highest BCUT2D eigenvalue weighted by Gasteiger charge is 2.29. The van der Waals surface area contributed by atoms with Crippen molar-refractivity contribution < 1.29 is 23.9 Å². The van der Waals surface area contributed by atoms with Crippen molar-refractivity contribution in [2.24, 2.45) is 0 Å². The summed E-state index contributed by atoms with van der Waals surface area (Å²) in [5.74, 6) is -0.305. The normalized spacial score (nSPS) is 19.2. The molecule has 0 fully saturated rings. The van der Waals surface area contributed by atoms with E-state index in [-0.39, 0.29) is 5.91 Å². The van der Waals surface area contributed by atoms with Gasteiger partial charge >= 0.3 is 6.16 Å². The Labute approximate surface area is 100 Å². The van der Waals surface area contributed by atoms with E-state index in [9.17, 15) is 9.59 Å². The van der Waals surface area contributed by atoms with Gasteiger partial charge in [0.15, 0.2) is 0 Å². The van der Waals surface area contributed by atoms with Gasteiger partial charge in [0.1, 0.15) is 6.10 Å². The Morgan fingerprint density at radius 2 is 2.12 bits per heavy atom. The number of hydrogen-bond acceptors (Lipinski definition) is 5. The zero-order valence-electron chi connectivity index (χ0n) is 10.3. The van der Waals surface area contributed by atoms with E-state index < -0.39 is 12.3 Å². The standard InChI is InChI=1S/C11H17NO5/c1-12(16-3)10(13)8-6-4-5-7-9(8)17-11(14)15-2/h6,9H,4-5,7H2,1-3H3. The second kappa shape index (κ2) is 6.24. The van der Waals surface area contributed by atoms with Gasteiger partial charge in [0.05, 0.1) is 19.8 Å². The Balaban J connectivity index is 2.75. The molecule has 0 aromatic heterocycles. The van der Waals surface area contributed by atoms with Crippen LogP contribution in [0.3, 0.4) is 0 Å². The average molecular weight is 243 g/mol. The van der Waals surface area contributed by atoms with E-state index in [0.717, 1.165) is 17.9 Å². The molecule has 1 rings (SSSR count). The maximum Gasteiger partial charge on any atom is 0.508 e. The Morgan fingerprint density at radius 3 is 2.71 bits per heavy atom. The first kappa shape index (κ1) is 13.5.